The number of benzene rings is 2. The SMILES string of the molecule is N#C[C@]1(c2ccccc2)CC[C@H](N2CCN(CC(O)c3ccc(Cl)cc3)CC2)CC1. The lowest BCUT2D eigenvalue weighted by Crippen LogP contribution is -2.52. The van der Waals surface area contributed by atoms with Gasteiger partial charge in [0.25, 0.3) is 0 Å². The molecule has 2 fully saturated rings. The fraction of sp³-hybridized carbons (Fsp3) is 0.480. The van der Waals surface area contributed by atoms with Crippen LogP contribution in [0.3, 0.4) is 0 Å². The standard InChI is InChI=1S/C25H30ClN3O/c26-22-8-6-20(7-9-22)24(30)18-28-14-16-29(17-15-28)23-10-12-25(19-27,13-11-23)21-4-2-1-3-5-21/h1-9,23-24,30H,10-18H2/t23-,24?,25-. The summed E-state index contributed by atoms with van der Waals surface area (Å²) in [5.74, 6) is 0. The van der Waals surface area contributed by atoms with E-state index in [2.05, 4.69) is 28.0 Å². The van der Waals surface area contributed by atoms with Crippen LogP contribution in [0.25, 0.3) is 0 Å². The van der Waals surface area contributed by atoms with Crippen molar-refractivity contribution in [2.45, 2.75) is 43.2 Å². The van der Waals surface area contributed by atoms with E-state index >= 15 is 0 Å². The van der Waals surface area contributed by atoms with Gasteiger partial charge in [-0.3, -0.25) is 9.80 Å². The molecule has 0 aromatic heterocycles. The maximum atomic E-state index is 10.5. The minimum atomic E-state index is -0.481. The van der Waals surface area contributed by atoms with Gasteiger partial charge in [-0.1, -0.05) is 54.1 Å². The molecule has 1 unspecified atom stereocenters. The average Bonchev–Trinajstić information content (AvgIpc) is 2.81. The topological polar surface area (TPSA) is 50.5 Å². The van der Waals surface area contributed by atoms with Crippen LogP contribution < -0.4 is 0 Å². The van der Waals surface area contributed by atoms with Crippen LogP contribution in [0.15, 0.2) is 54.6 Å². The Hall–Kier alpha value is -1.90. The Morgan fingerprint density at radius 2 is 1.63 bits per heavy atom. The van der Waals surface area contributed by atoms with Gasteiger partial charge in [-0.05, 0) is 48.9 Å². The van der Waals surface area contributed by atoms with E-state index in [1.54, 1.807) is 0 Å². The lowest BCUT2D eigenvalue weighted by atomic mass is 9.69. The second kappa shape index (κ2) is 9.49. The van der Waals surface area contributed by atoms with Crippen LogP contribution >= 0.6 is 11.6 Å². The molecule has 1 aliphatic carbocycles. The first-order valence-corrected chi connectivity index (χ1v) is 11.3. The summed E-state index contributed by atoms with van der Waals surface area (Å²) in [7, 11) is 0. The molecule has 1 atom stereocenters. The molecule has 2 aromatic carbocycles. The van der Waals surface area contributed by atoms with Crippen molar-refractivity contribution in [2.75, 3.05) is 32.7 Å². The largest absolute Gasteiger partial charge is 0.387 e. The summed E-state index contributed by atoms with van der Waals surface area (Å²) >= 11 is 5.94. The molecule has 0 bridgehead atoms. The number of hydrogen-bond acceptors (Lipinski definition) is 4. The molecule has 0 spiro atoms. The van der Waals surface area contributed by atoms with Gasteiger partial charge < -0.3 is 5.11 Å². The molecule has 2 aromatic rings. The van der Waals surface area contributed by atoms with Gasteiger partial charge in [0.15, 0.2) is 0 Å². The summed E-state index contributed by atoms with van der Waals surface area (Å²) in [6.07, 6.45) is 3.55. The summed E-state index contributed by atoms with van der Waals surface area (Å²) in [5.41, 5.74) is 1.78. The molecule has 30 heavy (non-hydrogen) atoms. The van der Waals surface area contributed by atoms with E-state index in [1.165, 1.54) is 5.56 Å². The molecule has 0 radical (unpaired) electrons. The van der Waals surface area contributed by atoms with Crippen molar-refractivity contribution in [3.8, 4) is 6.07 Å². The molecule has 1 saturated carbocycles. The number of nitriles is 1. The molecular weight excluding hydrogens is 394 g/mol. The van der Waals surface area contributed by atoms with Gasteiger partial charge in [0, 0.05) is 43.8 Å². The first-order valence-electron chi connectivity index (χ1n) is 11.0. The summed E-state index contributed by atoms with van der Waals surface area (Å²) in [6.45, 7) is 4.67. The van der Waals surface area contributed by atoms with Crippen LogP contribution in [-0.4, -0.2) is 53.7 Å². The highest BCUT2D eigenvalue weighted by Gasteiger charge is 2.39. The maximum absolute atomic E-state index is 10.5. The second-order valence-corrected chi connectivity index (χ2v) is 9.13. The van der Waals surface area contributed by atoms with Crippen molar-refractivity contribution in [1.82, 2.24) is 9.80 Å². The quantitative estimate of drug-likeness (QED) is 0.774. The van der Waals surface area contributed by atoms with Gasteiger partial charge in [-0.15, -0.1) is 0 Å². The van der Waals surface area contributed by atoms with Crippen LogP contribution in [0.1, 0.15) is 42.9 Å². The highest BCUT2D eigenvalue weighted by atomic mass is 35.5. The maximum Gasteiger partial charge on any atom is 0.0916 e. The van der Waals surface area contributed by atoms with E-state index in [0.717, 1.165) is 57.4 Å². The van der Waals surface area contributed by atoms with Gasteiger partial charge in [-0.2, -0.15) is 5.26 Å². The predicted octanol–water partition coefficient (Wildman–Crippen LogP) is 4.40. The van der Waals surface area contributed by atoms with Crippen LogP contribution in [-0.2, 0) is 5.41 Å². The zero-order chi connectivity index (χ0) is 21.0. The highest BCUT2D eigenvalue weighted by molar-refractivity contribution is 6.30. The average molecular weight is 424 g/mol. The van der Waals surface area contributed by atoms with Crippen molar-refractivity contribution < 1.29 is 5.11 Å². The van der Waals surface area contributed by atoms with Crippen molar-refractivity contribution >= 4 is 11.6 Å². The number of aliphatic hydroxyl groups excluding tert-OH is 1. The van der Waals surface area contributed by atoms with E-state index in [9.17, 15) is 10.4 Å². The summed E-state index contributed by atoms with van der Waals surface area (Å²) in [5, 5.41) is 21.2. The van der Waals surface area contributed by atoms with Crippen molar-refractivity contribution in [1.29, 1.82) is 5.26 Å². The summed E-state index contributed by atoms with van der Waals surface area (Å²) in [4.78, 5) is 4.94. The third-order valence-electron chi connectivity index (χ3n) is 6.96. The van der Waals surface area contributed by atoms with Gasteiger partial charge in [-0.25, -0.2) is 0 Å². The number of rotatable bonds is 5. The fourth-order valence-electron chi connectivity index (χ4n) is 5.03. The van der Waals surface area contributed by atoms with Gasteiger partial charge in [0.1, 0.15) is 0 Å². The van der Waals surface area contributed by atoms with Gasteiger partial charge in [0.2, 0.25) is 0 Å². The van der Waals surface area contributed by atoms with Crippen LogP contribution in [0.5, 0.6) is 0 Å². The van der Waals surface area contributed by atoms with Crippen molar-refractivity contribution in [3.63, 3.8) is 0 Å². The highest BCUT2D eigenvalue weighted by Crippen LogP contribution is 2.40. The second-order valence-electron chi connectivity index (χ2n) is 8.70. The van der Waals surface area contributed by atoms with Crippen LogP contribution in [0, 0.1) is 11.3 Å². The summed E-state index contributed by atoms with van der Waals surface area (Å²) < 4.78 is 0. The molecule has 0 amide bonds. The number of nitrogens with zero attached hydrogens (tertiary/aromatic N) is 3. The van der Waals surface area contributed by atoms with E-state index in [0.29, 0.717) is 17.6 Å². The Morgan fingerprint density at radius 1 is 1.00 bits per heavy atom. The Labute approximate surface area is 184 Å². The molecule has 4 rings (SSSR count). The van der Waals surface area contributed by atoms with E-state index < -0.39 is 6.10 Å². The molecular formula is C25H30ClN3O. The van der Waals surface area contributed by atoms with Gasteiger partial charge in [0.05, 0.1) is 17.6 Å². The Kier molecular flexibility index (Phi) is 6.75. The number of hydrogen-bond donors (Lipinski definition) is 1. The first kappa shape index (κ1) is 21.3. The first-order chi connectivity index (χ1) is 14.6. The zero-order valence-electron chi connectivity index (χ0n) is 17.4. The van der Waals surface area contributed by atoms with Crippen molar-refractivity contribution in [3.05, 3.63) is 70.7 Å². The molecule has 1 saturated heterocycles. The third-order valence-corrected chi connectivity index (χ3v) is 7.21. The minimum absolute atomic E-state index is 0.317. The minimum Gasteiger partial charge on any atom is -0.387 e. The molecule has 1 heterocycles. The molecule has 5 heteroatoms. The van der Waals surface area contributed by atoms with E-state index in [1.807, 2.05) is 42.5 Å². The summed E-state index contributed by atoms with van der Waals surface area (Å²) in [6, 6.07) is 21.0. The monoisotopic (exact) mass is 423 g/mol. The Morgan fingerprint density at radius 3 is 2.23 bits per heavy atom. The lowest BCUT2D eigenvalue weighted by molar-refractivity contribution is 0.0433. The molecule has 158 valence electrons. The van der Waals surface area contributed by atoms with Gasteiger partial charge >= 0.3 is 0 Å². The number of halogens is 1. The van der Waals surface area contributed by atoms with E-state index in [-0.39, 0.29) is 5.41 Å². The lowest BCUT2D eigenvalue weighted by Gasteiger charge is -2.44. The molecule has 2 aliphatic rings. The zero-order valence-corrected chi connectivity index (χ0v) is 18.1. The Balaban J connectivity index is 1.27. The molecule has 1 aliphatic heterocycles. The predicted molar refractivity (Wildman–Crippen MR) is 120 cm³/mol. The number of β-amino-alcohol motifs (C(OH)–C–C–N with tert-alkyl or cyclic N) is 1. The van der Waals surface area contributed by atoms with Crippen LogP contribution in [0.4, 0.5) is 0 Å². The third kappa shape index (κ3) is 4.71. The Bertz CT molecular complexity index is 848. The number of piperazine rings is 1. The number of aliphatic hydroxyl groups is 1. The van der Waals surface area contributed by atoms with Crippen LogP contribution in [0.2, 0.25) is 5.02 Å². The molecule has 4 nitrogen and oxygen atoms in total. The fourth-order valence-corrected chi connectivity index (χ4v) is 5.15. The normalized spacial score (nSPS) is 26.8. The van der Waals surface area contributed by atoms with E-state index in [4.69, 9.17) is 11.6 Å². The molecule has 1 N–H and O–H groups in total. The van der Waals surface area contributed by atoms with Crippen molar-refractivity contribution in [2.24, 2.45) is 0 Å². The smallest absolute Gasteiger partial charge is 0.0916 e.